The summed E-state index contributed by atoms with van der Waals surface area (Å²) in [5.74, 6) is 0.130. The second kappa shape index (κ2) is 7.69. The van der Waals surface area contributed by atoms with E-state index in [4.69, 9.17) is 4.98 Å². The largest absolute Gasteiger partial charge is 0.353 e. The van der Waals surface area contributed by atoms with Gasteiger partial charge in [-0.15, -0.1) is 0 Å². The predicted octanol–water partition coefficient (Wildman–Crippen LogP) is 3.59. The second-order valence-electron chi connectivity index (χ2n) is 9.52. The van der Waals surface area contributed by atoms with Crippen LogP contribution in [0.25, 0.3) is 10.9 Å². The molecule has 1 aromatic heterocycles. The molecule has 33 heavy (non-hydrogen) atoms. The van der Waals surface area contributed by atoms with Gasteiger partial charge in [0.2, 0.25) is 0 Å². The van der Waals surface area contributed by atoms with Gasteiger partial charge in [-0.1, -0.05) is 18.2 Å². The first-order valence-electron chi connectivity index (χ1n) is 11.2. The normalized spacial score (nSPS) is 16.5. The molecular formula is C26H26N4O3. The van der Waals surface area contributed by atoms with Crippen LogP contribution in [0.4, 0.5) is 5.82 Å². The molecule has 168 valence electrons. The van der Waals surface area contributed by atoms with Crippen LogP contribution in [0.1, 0.15) is 51.8 Å². The number of piperazine rings is 1. The van der Waals surface area contributed by atoms with Gasteiger partial charge in [0.05, 0.1) is 16.6 Å². The van der Waals surface area contributed by atoms with Crippen LogP contribution in [-0.4, -0.2) is 64.2 Å². The molecule has 7 heteroatoms. The fourth-order valence-electron chi connectivity index (χ4n) is 4.54. The maximum atomic E-state index is 13.2. The van der Waals surface area contributed by atoms with E-state index in [9.17, 15) is 14.4 Å². The van der Waals surface area contributed by atoms with Crippen LogP contribution in [0.5, 0.6) is 0 Å². The lowest BCUT2D eigenvalue weighted by molar-refractivity contribution is 0.0507. The number of imide groups is 1. The van der Waals surface area contributed by atoms with Crippen molar-refractivity contribution in [1.82, 2.24) is 14.8 Å². The summed E-state index contributed by atoms with van der Waals surface area (Å²) in [6.45, 7) is 7.95. The van der Waals surface area contributed by atoms with Gasteiger partial charge in [-0.3, -0.25) is 19.3 Å². The Balaban J connectivity index is 1.30. The molecule has 0 aliphatic carbocycles. The third-order valence-electron chi connectivity index (χ3n) is 6.28. The molecule has 0 bridgehead atoms. The van der Waals surface area contributed by atoms with Gasteiger partial charge in [0.15, 0.2) is 0 Å². The summed E-state index contributed by atoms with van der Waals surface area (Å²) in [6.07, 6.45) is 0. The average Bonchev–Trinajstić information content (AvgIpc) is 3.08. The number of aromatic nitrogens is 1. The first kappa shape index (κ1) is 21.1. The number of pyridine rings is 1. The zero-order valence-electron chi connectivity index (χ0n) is 19.0. The maximum absolute atomic E-state index is 13.2. The molecule has 0 spiro atoms. The van der Waals surface area contributed by atoms with Crippen molar-refractivity contribution >= 4 is 34.4 Å². The Morgan fingerprint density at radius 3 is 2.27 bits per heavy atom. The lowest BCUT2D eigenvalue weighted by Crippen LogP contribution is -2.49. The van der Waals surface area contributed by atoms with E-state index in [1.54, 1.807) is 23.1 Å². The highest BCUT2D eigenvalue weighted by molar-refractivity contribution is 6.22. The average molecular weight is 443 g/mol. The number of carbonyl (C=O) groups is 3. The van der Waals surface area contributed by atoms with E-state index in [1.165, 1.54) is 4.90 Å². The van der Waals surface area contributed by atoms with Crippen LogP contribution in [-0.2, 0) is 0 Å². The van der Waals surface area contributed by atoms with E-state index >= 15 is 0 Å². The van der Waals surface area contributed by atoms with Crippen molar-refractivity contribution < 1.29 is 14.4 Å². The van der Waals surface area contributed by atoms with Crippen molar-refractivity contribution in [2.75, 3.05) is 31.1 Å². The number of anilines is 1. The fraction of sp³-hybridized carbons (Fsp3) is 0.308. The zero-order valence-corrected chi connectivity index (χ0v) is 19.0. The van der Waals surface area contributed by atoms with Crippen LogP contribution in [0, 0.1) is 0 Å². The Labute approximate surface area is 192 Å². The number of fused-ring (bicyclic) bond motifs is 2. The Kier molecular flexibility index (Phi) is 4.92. The zero-order chi connectivity index (χ0) is 23.3. The number of rotatable bonds is 2. The molecule has 3 aromatic rings. The highest BCUT2D eigenvalue weighted by Gasteiger charge is 2.42. The van der Waals surface area contributed by atoms with Gasteiger partial charge >= 0.3 is 0 Å². The Morgan fingerprint density at radius 1 is 0.848 bits per heavy atom. The van der Waals surface area contributed by atoms with Crippen molar-refractivity contribution in [3.8, 4) is 0 Å². The van der Waals surface area contributed by atoms with Gasteiger partial charge in [0, 0.05) is 42.7 Å². The molecule has 2 aliphatic heterocycles. The molecule has 2 aromatic carbocycles. The predicted molar refractivity (Wildman–Crippen MR) is 127 cm³/mol. The number of nitrogens with zero attached hydrogens (tertiary/aromatic N) is 4. The van der Waals surface area contributed by atoms with E-state index in [0.717, 1.165) is 16.7 Å². The minimum Gasteiger partial charge on any atom is -0.353 e. The highest BCUT2D eigenvalue weighted by atomic mass is 16.2. The van der Waals surface area contributed by atoms with Crippen molar-refractivity contribution in [1.29, 1.82) is 0 Å². The van der Waals surface area contributed by atoms with Gasteiger partial charge in [0.1, 0.15) is 5.82 Å². The second-order valence-corrected chi connectivity index (χ2v) is 9.52. The molecule has 0 N–H and O–H groups in total. The van der Waals surface area contributed by atoms with E-state index in [2.05, 4.69) is 11.0 Å². The number of amides is 3. The molecule has 0 saturated carbocycles. The molecular weight excluding hydrogens is 416 g/mol. The van der Waals surface area contributed by atoms with Gasteiger partial charge < -0.3 is 9.80 Å². The Hall–Kier alpha value is -3.74. The first-order chi connectivity index (χ1) is 15.7. The van der Waals surface area contributed by atoms with Crippen LogP contribution < -0.4 is 4.90 Å². The Bertz CT molecular complexity index is 1290. The van der Waals surface area contributed by atoms with Crippen molar-refractivity contribution in [2.24, 2.45) is 0 Å². The molecule has 1 saturated heterocycles. The van der Waals surface area contributed by atoms with Gasteiger partial charge in [-0.05, 0) is 57.2 Å². The summed E-state index contributed by atoms with van der Waals surface area (Å²) < 4.78 is 0. The summed E-state index contributed by atoms with van der Waals surface area (Å²) in [5, 5.41) is 1.10. The van der Waals surface area contributed by atoms with E-state index < -0.39 is 5.54 Å². The van der Waals surface area contributed by atoms with Crippen molar-refractivity contribution in [3.05, 3.63) is 71.3 Å². The quantitative estimate of drug-likeness (QED) is 0.567. The number of hydrogen-bond donors (Lipinski definition) is 0. The lowest BCUT2D eigenvalue weighted by atomic mass is 10.0. The molecule has 0 atom stereocenters. The smallest absolute Gasteiger partial charge is 0.262 e. The molecule has 0 unspecified atom stereocenters. The molecule has 7 nitrogen and oxygen atoms in total. The van der Waals surface area contributed by atoms with E-state index in [-0.39, 0.29) is 17.7 Å². The van der Waals surface area contributed by atoms with Gasteiger partial charge in [0.25, 0.3) is 17.7 Å². The molecule has 3 amide bonds. The summed E-state index contributed by atoms with van der Waals surface area (Å²) >= 11 is 0. The van der Waals surface area contributed by atoms with Crippen LogP contribution in [0.15, 0.2) is 54.6 Å². The number of hydrogen-bond acceptors (Lipinski definition) is 5. The lowest BCUT2D eigenvalue weighted by Gasteiger charge is -2.35. The summed E-state index contributed by atoms with van der Waals surface area (Å²) in [6, 6.07) is 16.9. The number of benzene rings is 2. The third kappa shape index (κ3) is 3.63. The minimum atomic E-state index is -0.621. The van der Waals surface area contributed by atoms with Crippen LogP contribution >= 0.6 is 0 Å². The number of carbonyl (C=O) groups excluding carboxylic acids is 3. The maximum Gasteiger partial charge on any atom is 0.262 e. The monoisotopic (exact) mass is 442 g/mol. The minimum absolute atomic E-state index is 0.127. The van der Waals surface area contributed by atoms with Crippen LogP contribution in [0.3, 0.4) is 0 Å². The van der Waals surface area contributed by atoms with Crippen molar-refractivity contribution in [2.45, 2.75) is 26.3 Å². The van der Waals surface area contributed by atoms with Gasteiger partial charge in [-0.25, -0.2) is 4.98 Å². The number of para-hydroxylation sites is 1. The molecule has 5 rings (SSSR count). The van der Waals surface area contributed by atoms with E-state index in [0.29, 0.717) is 42.9 Å². The molecule has 3 heterocycles. The first-order valence-corrected chi connectivity index (χ1v) is 11.2. The fourth-order valence-corrected chi connectivity index (χ4v) is 4.54. The standard InChI is InChI=1S/C26H26N4O3/c1-26(2,3)30-24(32)19-10-8-18(16-20(19)25(30)33)23(31)29-14-12-28(13-15-29)22-11-9-17-6-4-5-7-21(17)27-22/h4-11,16H,12-15H2,1-3H3. The molecule has 0 radical (unpaired) electrons. The summed E-state index contributed by atoms with van der Waals surface area (Å²) in [4.78, 5) is 48.7. The summed E-state index contributed by atoms with van der Waals surface area (Å²) in [7, 11) is 0. The Morgan fingerprint density at radius 2 is 1.55 bits per heavy atom. The topological polar surface area (TPSA) is 73.8 Å². The SMILES string of the molecule is CC(C)(C)N1C(=O)c2ccc(C(=O)N3CCN(c4ccc5ccccc5n4)CC3)cc2C1=O. The van der Waals surface area contributed by atoms with Gasteiger partial charge in [-0.2, -0.15) is 0 Å². The molecule has 2 aliphatic rings. The molecule has 1 fully saturated rings. The summed E-state index contributed by atoms with van der Waals surface area (Å²) in [5.41, 5.74) is 1.43. The van der Waals surface area contributed by atoms with Crippen LogP contribution in [0.2, 0.25) is 0 Å². The third-order valence-corrected chi connectivity index (χ3v) is 6.28. The van der Waals surface area contributed by atoms with Crippen molar-refractivity contribution in [3.63, 3.8) is 0 Å². The van der Waals surface area contributed by atoms with E-state index in [1.807, 2.05) is 51.1 Å². The highest BCUT2D eigenvalue weighted by Crippen LogP contribution is 2.30.